The third kappa shape index (κ3) is 2.46. The molecule has 6 heteroatoms. The van der Waals surface area contributed by atoms with Gasteiger partial charge in [0, 0.05) is 19.0 Å². The summed E-state index contributed by atoms with van der Waals surface area (Å²) < 4.78 is 5.10. The summed E-state index contributed by atoms with van der Waals surface area (Å²) in [5.41, 5.74) is 6.24. The molecule has 1 amide bonds. The summed E-state index contributed by atoms with van der Waals surface area (Å²) in [7, 11) is 0. The first-order chi connectivity index (χ1) is 8.09. The zero-order chi connectivity index (χ0) is 12.4. The summed E-state index contributed by atoms with van der Waals surface area (Å²) in [4.78, 5) is 18.3. The summed E-state index contributed by atoms with van der Waals surface area (Å²) in [6, 6.07) is 0. The van der Waals surface area contributed by atoms with Crippen LogP contribution in [-0.2, 0) is 0 Å². The van der Waals surface area contributed by atoms with E-state index >= 15 is 0 Å². The zero-order valence-electron chi connectivity index (χ0n) is 9.68. The van der Waals surface area contributed by atoms with E-state index in [0.29, 0.717) is 29.5 Å². The molecule has 1 aromatic heterocycles. The summed E-state index contributed by atoms with van der Waals surface area (Å²) >= 11 is 4.97. The summed E-state index contributed by atoms with van der Waals surface area (Å²) in [5, 5.41) is 0. The quantitative estimate of drug-likeness (QED) is 0.800. The van der Waals surface area contributed by atoms with Crippen LogP contribution in [0.25, 0.3) is 0 Å². The highest BCUT2D eigenvalue weighted by molar-refractivity contribution is 7.80. The van der Waals surface area contributed by atoms with Gasteiger partial charge in [-0.2, -0.15) is 0 Å². The van der Waals surface area contributed by atoms with E-state index in [1.165, 1.54) is 6.39 Å². The number of carbonyl (C=O) groups excluding carboxylic acids is 1. The summed E-state index contributed by atoms with van der Waals surface area (Å²) in [5.74, 6) is 0.491. The van der Waals surface area contributed by atoms with Gasteiger partial charge in [-0.25, -0.2) is 4.98 Å². The maximum Gasteiger partial charge on any atom is 0.291 e. The lowest BCUT2D eigenvalue weighted by atomic mass is 9.97. The minimum absolute atomic E-state index is 0.0959. The molecule has 2 rings (SSSR count). The van der Waals surface area contributed by atoms with Gasteiger partial charge in [-0.3, -0.25) is 4.79 Å². The van der Waals surface area contributed by atoms with E-state index in [1.54, 1.807) is 11.8 Å². The van der Waals surface area contributed by atoms with E-state index in [2.05, 4.69) is 4.98 Å². The van der Waals surface area contributed by atoms with Crippen molar-refractivity contribution in [1.29, 1.82) is 0 Å². The second-order valence-corrected chi connectivity index (χ2v) is 4.71. The van der Waals surface area contributed by atoms with Crippen molar-refractivity contribution in [3.8, 4) is 0 Å². The number of aromatic nitrogens is 1. The van der Waals surface area contributed by atoms with Crippen molar-refractivity contribution in [3.05, 3.63) is 17.8 Å². The Morgan fingerprint density at radius 2 is 2.24 bits per heavy atom. The minimum Gasteiger partial charge on any atom is -0.438 e. The standard InChI is InChI=1S/C11H15N3O2S/c1-7-9(16-6-13-7)11(15)14-4-2-8(3-5-14)10(12)17/h6,8H,2-5H2,1H3,(H2,12,17). The number of thiocarbonyl (C=S) groups is 1. The largest absolute Gasteiger partial charge is 0.438 e. The molecule has 0 aromatic carbocycles. The normalized spacial score (nSPS) is 17.1. The Labute approximate surface area is 105 Å². The Kier molecular flexibility index (Phi) is 3.42. The van der Waals surface area contributed by atoms with Crippen molar-refractivity contribution in [2.45, 2.75) is 19.8 Å². The molecule has 0 saturated carbocycles. The van der Waals surface area contributed by atoms with Gasteiger partial charge in [0.1, 0.15) is 0 Å². The van der Waals surface area contributed by atoms with E-state index in [4.69, 9.17) is 22.4 Å². The number of nitrogens with zero attached hydrogens (tertiary/aromatic N) is 2. The number of amides is 1. The van der Waals surface area contributed by atoms with Crippen LogP contribution >= 0.6 is 12.2 Å². The molecule has 2 heterocycles. The lowest BCUT2D eigenvalue weighted by Crippen LogP contribution is -2.41. The topological polar surface area (TPSA) is 72.4 Å². The van der Waals surface area contributed by atoms with Crippen LogP contribution in [0.5, 0.6) is 0 Å². The fourth-order valence-electron chi connectivity index (χ4n) is 2.02. The molecule has 1 aliphatic rings. The predicted octanol–water partition coefficient (Wildman–Crippen LogP) is 1.12. The number of aryl methyl sites for hydroxylation is 1. The molecule has 1 aliphatic heterocycles. The van der Waals surface area contributed by atoms with Crippen LogP contribution in [0.15, 0.2) is 10.8 Å². The lowest BCUT2D eigenvalue weighted by molar-refractivity contribution is 0.0677. The Bertz CT molecular complexity index is 436. The Balaban J connectivity index is 2.00. The fourth-order valence-corrected chi connectivity index (χ4v) is 2.25. The minimum atomic E-state index is -0.0959. The zero-order valence-corrected chi connectivity index (χ0v) is 10.5. The van der Waals surface area contributed by atoms with Gasteiger partial charge < -0.3 is 15.1 Å². The number of oxazole rings is 1. The average molecular weight is 253 g/mol. The molecule has 0 bridgehead atoms. The molecule has 17 heavy (non-hydrogen) atoms. The van der Waals surface area contributed by atoms with Gasteiger partial charge >= 0.3 is 0 Å². The highest BCUT2D eigenvalue weighted by Crippen LogP contribution is 2.20. The predicted molar refractivity (Wildman–Crippen MR) is 66.7 cm³/mol. The van der Waals surface area contributed by atoms with Gasteiger partial charge in [0.25, 0.3) is 5.91 Å². The van der Waals surface area contributed by atoms with Gasteiger partial charge in [-0.15, -0.1) is 0 Å². The third-order valence-corrected chi connectivity index (χ3v) is 3.46. The van der Waals surface area contributed by atoms with Crippen molar-refractivity contribution in [3.63, 3.8) is 0 Å². The molecule has 1 saturated heterocycles. The maximum atomic E-state index is 12.1. The smallest absolute Gasteiger partial charge is 0.291 e. The monoisotopic (exact) mass is 253 g/mol. The van der Waals surface area contributed by atoms with Crippen molar-refractivity contribution in [2.75, 3.05) is 13.1 Å². The van der Waals surface area contributed by atoms with E-state index < -0.39 is 0 Å². The Hall–Kier alpha value is -1.43. The molecule has 0 aliphatic carbocycles. The molecule has 1 fully saturated rings. The van der Waals surface area contributed by atoms with Crippen LogP contribution in [-0.4, -0.2) is 33.9 Å². The molecule has 92 valence electrons. The molecule has 0 radical (unpaired) electrons. The summed E-state index contributed by atoms with van der Waals surface area (Å²) in [6.45, 7) is 3.10. The van der Waals surface area contributed by atoms with Crippen LogP contribution in [0.3, 0.4) is 0 Å². The molecule has 0 unspecified atom stereocenters. The first-order valence-electron chi connectivity index (χ1n) is 5.58. The summed E-state index contributed by atoms with van der Waals surface area (Å²) in [6.07, 6.45) is 2.95. The van der Waals surface area contributed by atoms with Crippen LogP contribution in [0.1, 0.15) is 29.1 Å². The second kappa shape index (κ2) is 4.83. The molecule has 0 atom stereocenters. The van der Waals surface area contributed by atoms with Gasteiger partial charge in [-0.1, -0.05) is 12.2 Å². The lowest BCUT2D eigenvalue weighted by Gasteiger charge is -2.30. The molecule has 5 nitrogen and oxygen atoms in total. The third-order valence-electron chi connectivity index (χ3n) is 3.12. The molecular weight excluding hydrogens is 238 g/mol. The van der Waals surface area contributed by atoms with Crippen molar-refractivity contribution in [2.24, 2.45) is 11.7 Å². The average Bonchev–Trinajstić information content (AvgIpc) is 2.74. The van der Waals surface area contributed by atoms with Crippen molar-refractivity contribution in [1.82, 2.24) is 9.88 Å². The molecule has 2 N–H and O–H groups in total. The number of hydrogen-bond donors (Lipinski definition) is 1. The number of piperidine rings is 1. The number of likely N-dealkylation sites (tertiary alicyclic amines) is 1. The second-order valence-electron chi connectivity index (χ2n) is 4.24. The molecule has 0 spiro atoms. The van der Waals surface area contributed by atoms with E-state index in [-0.39, 0.29) is 11.8 Å². The highest BCUT2D eigenvalue weighted by Gasteiger charge is 2.27. The van der Waals surface area contributed by atoms with Crippen LogP contribution < -0.4 is 5.73 Å². The highest BCUT2D eigenvalue weighted by atomic mass is 32.1. The van der Waals surface area contributed by atoms with Crippen molar-refractivity contribution < 1.29 is 9.21 Å². The van der Waals surface area contributed by atoms with Gasteiger partial charge in [0.05, 0.1) is 10.7 Å². The number of nitrogens with two attached hydrogens (primary N) is 1. The van der Waals surface area contributed by atoms with Gasteiger partial charge in [0.2, 0.25) is 5.76 Å². The van der Waals surface area contributed by atoms with E-state index in [0.717, 1.165) is 12.8 Å². The number of rotatable bonds is 2. The first-order valence-corrected chi connectivity index (χ1v) is 5.99. The van der Waals surface area contributed by atoms with E-state index in [9.17, 15) is 4.79 Å². The van der Waals surface area contributed by atoms with Crippen molar-refractivity contribution >= 4 is 23.1 Å². The molecule has 1 aromatic rings. The first kappa shape index (κ1) is 12.0. The van der Waals surface area contributed by atoms with Gasteiger partial charge in [0.15, 0.2) is 6.39 Å². The Morgan fingerprint density at radius 1 is 1.59 bits per heavy atom. The Morgan fingerprint density at radius 3 is 2.71 bits per heavy atom. The number of carbonyl (C=O) groups is 1. The van der Waals surface area contributed by atoms with Crippen LogP contribution in [0.4, 0.5) is 0 Å². The fraction of sp³-hybridized carbons (Fsp3) is 0.545. The van der Waals surface area contributed by atoms with Gasteiger partial charge in [-0.05, 0) is 19.8 Å². The van der Waals surface area contributed by atoms with Crippen LogP contribution in [0.2, 0.25) is 0 Å². The molecular formula is C11H15N3O2S. The maximum absolute atomic E-state index is 12.1. The number of hydrogen-bond acceptors (Lipinski definition) is 4. The SMILES string of the molecule is Cc1ncoc1C(=O)N1CCC(C(N)=S)CC1. The van der Waals surface area contributed by atoms with E-state index in [1.807, 2.05) is 0 Å². The van der Waals surface area contributed by atoms with Crippen LogP contribution in [0, 0.1) is 12.8 Å².